The van der Waals surface area contributed by atoms with Crippen LogP contribution < -0.4 is 5.32 Å². The number of carbonyl (C=O) groups is 1. The van der Waals surface area contributed by atoms with Crippen LogP contribution in [0.25, 0.3) is 0 Å². The molecule has 1 aliphatic carbocycles. The fraction of sp³-hybridized carbons (Fsp3) is 0.533. The maximum absolute atomic E-state index is 13.1. The Kier molecular flexibility index (Phi) is 5.58. The van der Waals surface area contributed by atoms with Crippen molar-refractivity contribution in [2.45, 2.75) is 42.5 Å². The first-order chi connectivity index (χ1) is 10.0. The first-order valence-electron chi connectivity index (χ1n) is 7.04. The lowest BCUT2D eigenvalue weighted by molar-refractivity contribution is -0.121. The Bertz CT molecular complexity index is 504. The van der Waals surface area contributed by atoms with Gasteiger partial charge in [0.2, 0.25) is 5.91 Å². The second-order valence-corrected chi connectivity index (χ2v) is 6.46. The predicted molar refractivity (Wildman–Crippen MR) is 78.1 cm³/mol. The lowest BCUT2D eigenvalue weighted by atomic mass is 9.82. The molecule has 0 aliphatic heterocycles. The van der Waals surface area contributed by atoms with E-state index >= 15 is 0 Å². The van der Waals surface area contributed by atoms with E-state index in [4.69, 9.17) is 0 Å². The highest BCUT2D eigenvalue weighted by Gasteiger charge is 2.32. The monoisotopic (exact) mass is 315 g/mol. The summed E-state index contributed by atoms with van der Waals surface area (Å²) in [7, 11) is 0. The predicted octanol–water partition coefficient (Wildman–Crippen LogP) is 2.87. The third kappa shape index (κ3) is 4.41. The van der Waals surface area contributed by atoms with Crippen LogP contribution in [-0.4, -0.2) is 28.9 Å². The number of aliphatic hydroxyl groups is 1. The minimum Gasteiger partial charge on any atom is -0.394 e. The summed E-state index contributed by atoms with van der Waals surface area (Å²) in [6.07, 6.45) is 4.69. The Morgan fingerprint density at radius 2 is 1.95 bits per heavy atom. The molecule has 6 heteroatoms. The lowest BCUT2D eigenvalue weighted by Crippen LogP contribution is -2.53. The van der Waals surface area contributed by atoms with Gasteiger partial charge in [0.05, 0.1) is 17.9 Å². The maximum Gasteiger partial charge on any atom is 0.230 e. The number of aliphatic hydroxyl groups excluding tert-OH is 1. The van der Waals surface area contributed by atoms with E-state index < -0.39 is 17.2 Å². The van der Waals surface area contributed by atoms with Gasteiger partial charge < -0.3 is 10.4 Å². The van der Waals surface area contributed by atoms with Gasteiger partial charge in [0.25, 0.3) is 0 Å². The van der Waals surface area contributed by atoms with Crippen LogP contribution in [-0.2, 0) is 4.79 Å². The number of thioether (sulfide) groups is 1. The van der Waals surface area contributed by atoms with Crippen LogP contribution >= 0.6 is 11.8 Å². The normalized spacial score (nSPS) is 17.5. The van der Waals surface area contributed by atoms with Crippen molar-refractivity contribution in [3.8, 4) is 0 Å². The molecule has 3 nitrogen and oxygen atoms in total. The largest absolute Gasteiger partial charge is 0.394 e. The molecule has 1 aromatic rings. The number of halogens is 2. The molecule has 2 N–H and O–H groups in total. The number of rotatable bonds is 5. The van der Waals surface area contributed by atoms with Gasteiger partial charge in [-0.05, 0) is 31.0 Å². The minimum absolute atomic E-state index is 0.0609. The van der Waals surface area contributed by atoms with Crippen LogP contribution in [0, 0.1) is 11.6 Å². The molecule has 0 radical (unpaired) electrons. The van der Waals surface area contributed by atoms with E-state index in [9.17, 15) is 18.7 Å². The summed E-state index contributed by atoms with van der Waals surface area (Å²) in [4.78, 5) is 12.5. The summed E-state index contributed by atoms with van der Waals surface area (Å²) in [6, 6.07) is 3.57. The summed E-state index contributed by atoms with van der Waals surface area (Å²) >= 11 is 1.15. The van der Waals surface area contributed by atoms with Crippen LogP contribution in [0.2, 0.25) is 0 Å². The second-order valence-electron chi connectivity index (χ2n) is 5.41. The molecule has 1 amide bonds. The quantitative estimate of drug-likeness (QED) is 0.822. The molecular weight excluding hydrogens is 296 g/mol. The zero-order valence-electron chi connectivity index (χ0n) is 11.7. The van der Waals surface area contributed by atoms with E-state index in [-0.39, 0.29) is 18.3 Å². The number of hydrogen-bond donors (Lipinski definition) is 2. The van der Waals surface area contributed by atoms with Gasteiger partial charge in [0.1, 0.15) is 0 Å². The van der Waals surface area contributed by atoms with Crippen molar-refractivity contribution in [3.63, 3.8) is 0 Å². The van der Waals surface area contributed by atoms with Crippen LogP contribution in [0.4, 0.5) is 8.78 Å². The highest BCUT2D eigenvalue weighted by molar-refractivity contribution is 8.00. The van der Waals surface area contributed by atoms with Crippen molar-refractivity contribution in [2.24, 2.45) is 0 Å². The smallest absolute Gasteiger partial charge is 0.230 e. The Labute approximate surface area is 127 Å². The molecule has 116 valence electrons. The van der Waals surface area contributed by atoms with Gasteiger partial charge >= 0.3 is 0 Å². The Morgan fingerprint density at radius 3 is 2.57 bits per heavy atom. The average Bonchev–Trinajstić information content (AvgIpc) is 2.49. The molecule has 2 rings (SSSR count). The molecule has 1 aromatic carbocycles. The van der Waals surface area contributed by atoms with E-state index in [0.29, 0.717) is 4.90 Å². The third-order valence-corrected chi connectivity index (χ3v) is 4.77. The minimum atomic E-state index is -0.917. The van der Waals surface area contributed by atoms with Gasteiger partial charge in [-0.25, -0.2) is 8.78 Å². The molecule has 0 bridgehead atoms. The molecule has 1 fully saturated rings. The Hall–Kier alpha value is -1.14. The van der Waals surface area contributed by atoms with Crippen molar-refractivity contribution in [1.29, 1.82) is 0 Å². The molecule has 1 saturated carbocycles. The Morgan fingerprint density at radius 1 is 1.24 bits per heavy atom. The molecular formula is C15H19F2NO2S. The van der Waals surface area contributed by atoms with Gasteiger partial charge in [-0.2, -0.15) is 0 Å². The topological polar surface area (TPSA) is 49.3 Å². The standard InChI is InChI=1S/C15H19F2NO2S/c16-12-5-4-11(8-13(12)17)21-9-14(20)18-15(10-19)6-2-1-3-7-15/h4-5,8,19H,1-3,6-7,9-10H2,(H,18,20). The molecule has 0 unspecified atom stereocenters. The number of benzene rings is 1. The van der Waals surface area contributed by atoms with E-state index in [0.717, 1.165) is 56.0 Å². The first-order valence-corrected chi connectivity index (χ1v) is 8.03. The van der Waals surface area contributed by atoms with Crippen molar-refractivity contribution in [1.82, 2.24) is 5.32 Å². The first kappa shape index (κ1) is 16.2. The number of amides is 1. The van der Waals surface area contributed by atoms with Crippen molar-refractivity contribution >= 4 is 17.7 Å². The molecule has 0 heterocycles. The maximum atomic E-state index is 13.1. The van der Waals surface area contributed by atoms with Crippen LogP contribution in [0.15, 0.2) is 23.1 Å². The lowest BCUT2D eigenvalue weighted by Gasteiger charge is -2.36. The third-order valence-electron chi connectivity index (χ3n) is 3.78. The van der Waals surface area contributed by atoms with Gasteiger partial charge in [-0.1, -0.05) is 19.3 Å². The Balaban J connectivity index is 1.87. The van der Waals surface area contributed by atoms with Crippen molar-refractivity contribution in [3.05, 3.63) is 29.8 Å². The van der Waals surface area contributed by atoms with Crippen molar-refractivity contribution < 1.29 is 18.7 Å². The fourth-order valence-corrected chi connectivity index (χ4v) is 3.32. The summed E-state index contributed by atoms with van der Waals surface area (Å²) < 4.78 is 25.9. The van der Waals surface area contributed by atoms with Crippen LogP contribution in [0.5, 0.6) is 0 Å². The summed E-state index contributed by atoms with van der Waals surface area (Å²) in [5.41, 5.74) is -0.510. The molecule has 1 aliphatic rings. The number of carbonyl (C=O) groups excluding carboxylic acids is 1. The van der Waals surface area contributed by atoms with E-state index in [1.54, 1.807) is 0 Å². The van der Waals surface area contributed by atoms with Gasteiger partial charge in [0, 0.05) is 4.90 Å². The molecule has 0 atom stereocenters. The molecule has 0 saturated heterocycles. The van der Waals surface area contributed by atoms with E-state index in [2.05, 4.69) is 5.32 Å². The van der Waals surface area contributed by atoms with Crippen molar-refractivity contribution in [2.75, 3.05) is 12.4 Å². The molecule has 0 spiro atoms. The fourth-order valence-electron chi connectivity index (χ4n) is 2.60. The summed E-state index contributed by atoms with van der Waals surface area (Å²) in [6.45, 7) is -0.0609. The highest BCUT2D eigenvalue weighted by Crippen LogP contribution is 2.28. The number of hydrogen-bond acceptors (Lipinski definition) is 3. The van der Waals surface area contributed by atoms with Gasteiger partial charge in [-0.15, -0.1) is 11.8 Å². The number of nitrogens with one attached hydrogen (secondary N) is 1. The van der Waals surface area contributed by atoms with E-state index in [1.807, 2.05) is 0 Å². The summed E-state index contributed by atoms with van der Waals surface area (Å²) in [5, 5.41) is 12.4. The van der Waals surface area contributed by atoms with Crippen LogP contribution in [0.3, 0.4) is 0 Å². The zero-order chi connectivity index (χ0) is 15.3. The zero-order valence-corrected chi connectivity index (χ0v) is 12.5. The SMILES string of the molecule is O=C(CSc1ccc(F)c(F)c1)NC1(CO)CCCCC1. The highest BCUT2D eigenvalue weighted by atomic mass is 32.2. The molecule has 21 heavy (non-hydrogen) atoms. The molecule has 0 aromatic heterocycles. The van der Waals surface area contributed by atoms with Crippen LogP contribution in [0.1, 0.15) is 32.1 Å². The average molecular weight is 315 g/mol. The summed E-state index contributed by atoms with van der Waals surface area (Å²) in [5.74, 6) is -1.89. The van der Waals surface area contributed by atoms with E-state index in [1.165, 1.54) is 6.07 Å². The van der Waals surface area contributed by atoms with Gasteiger partial charge in [-0.3, -0.25) is 4.79 Å². The second kappa shape index (κ2) is 7.22. The van der Waals surface area contributed by atoms with Gasteiger partial charge in [0.15, 0.2) is 11.6 Å².